The van der Waals surface area contributed by atoms with Crippen molar-refractivity contribution >= 4 is 23.1 Å². The molecule has 0 fully saturated rings. The van der Waals surface area contributed by atoms with E-state index in [1.54, 1.807) is 17.8 Å². The van der Waals surface area contributed by atoms with Gasteiger partial charge in [-0.3, -0.25) is 0 Å². The van der Waals surface area contributed by atoms with Crippen LogP contribution in [0.5, 0.6) is 5.75 Å². The zero-order valence-electron chi connectivity index (χ0n) is 9.55. The van der Waals surface area contributed by atoms with Crippen molar-refractivity contribution in [1.29, 1.82) is 0 Å². The van der Waals surface area contributed by atoms with Crippen LogP contribution in [0, 0.1) is 5.82 Å². The number of nitrogens with one attached hydrogen (secondary N) is 1. The molecule has 0 aliphatic carbocycles. The van der Waals surface area contributed by atoms with E-state index in [4.69, 9.17) is 10.5 Å². The largest absolute Gasteiger partial charge is 0.491 e. The minimum absolute atomic E-state index is 0.239. The molecule has 0 aliphatic heterocycles. The van der Waals surface area contributed by atoms with Crippen LogP contribution in [0.3, 0.4) is 0 Å². The molecule has 1 aromatic rings. The lowest BCUT2D eigenvalue weighted by molar-refractivity contribution is 0.322. The SMILES string of the molecule is CCOc1cc(NCCSC)c(N)cc1F. The topological polar surface area (TPSA) is 47.3 Å². The minimum Gasteiger partial charge on any atom is -0.491 e. The zero-order chi connectivity index (χ0) is 12.0. The van der Waals surface area contributed by atoms with Crippen molar-refractivity contribution < 1.29 is 9.13 Å². The molecular formula is C11H17FN2OS. The molecule has 90 valence electrons. The second-order valence-electron chi connectivity index (χ2n) is 3.22. The number of hydrogen-bond donors (Lipinski definition) is 2. The minimum atomic E-state index is -0.422. The molecule has 0 saturated carbocycles. The normalized spacial score (nSPS) is 10.2. The summed E-state index contributed by atoms with van der Waals surface area (Å²) in [5.41, 5.74) is 6.83. The third-order valence-corrected chi connectivity index (χ3v) is 2.64. The van der Waals surface area contributed by atoms with Gasteiger partial charge in [0.2, 0.25) is 0 Å². The Morgan fingerprint density at radius 1 is 1.50 bits per heavy atom. The van der Waals surface area contributed by atoms with Gasteiger partial charge in [0.05, 0.1) is 18.0 Å². The third kappa shape index (κ3) is 3.48. The number of thioether (sulfide) groups is 1. The van der Waals surface area contributed by atoms with E-state index in [2.05, 4.69) is 5.32 Å². The van der Waals surface area contributed by atoms with Crippen LogP contribution in [-0.2, 0) is 0 Å². The first-order valence-electron chi connectivity index (χ1n) is 5.13. The summed E-state index contributed by atoms with van der Waals surface area (Å²) in [6, 6.07) is 2.89. The molecule has 3 nitrogen and oxygen atoms in total. The quantitative estimate of drug-likeness (QED) is 0.596. The van der Waals surface area contributed by atoms with Crippen molar-refractivity contribution in [3.05, 3.63) is 17.9 Å². The summed E-state index contributed by atoms with van der Waals surface area (Å²) in [6.45, 7) is 3.05. The number of rotatable bonds is 6. The maximum Gasteiger partial charge on any atom is 0.167 e. The molecule has 0 aromatic heterocycles. The molecule has 0 radical (unpaired) electrons. The molecule has 0 bridgehead atoms. The lowest BCUT2D eigenvalue weighted by atomic mass is 10.2. The van der Waals surface area contributed by atoms with Crippen LogP contribution >= 0.6 is 11.8 Å². The summed E-state index contributed by atoms with van der Waals surface area (Å²) in [7, 11) is 0. The van der Waals surface area contributed by atoms with Crippen LogP contribution < -0.4 is 15.8 Å². The smallest absolute Gasteiger partial charge is 0.167 e. The Morgan fingerprint density at radius 3 is 2.88 bits per heavy atom. The summed E-state index contributed by atoms with van der Waals surface area (Å²) in [6.07, 6.45) is 2.03. The second-order valence-corrected chi connectivity index (χ2v) is 4.21. The predicted octanol–water partition coefficient (Wildman–Crippen LogP) is 2.58. The third-order valence-electron chi connectivity index (χ3n) is 2.03. The summed E-state index contributed by atoms with van der Waals surface area (Å²) in [5, 5.41) is 3.15. The van der Waals surface area contributed by atoms with Crippen LogP contribution in [0.15, 0.2) is 12.1 Å². The number of hydrogen-bond acceptors (Lipinski definition) is 4. The Hall–Kier alpha value is -1.10. The Bertz CT molecular complexity index is 347. The van der Waals surface area contributed by atoms with Crippen LogP contribution in [0.4, 0.5) is 15.8 Å². The van der Waals surface area contributed by atoms with E-state index in [0.717, 1.165) is 18.0 Å². The van der Waals surface area contributed by atoms with Crippen LogP contribution in [-0.4, -0.2) is 25.2 Å². The number of ether oxygens (including phenoxy) is 1. The second kappa shape index (κ2) is 6.48. The molecule has 16 heavy (non-hydrogen) atoms. The van der Waals surface area contributed by atoms with Gasteiger partial charge in [-0.05, 0) is 13.2 Å². The first-order chi connectivity index (χ1) is 7.69. The van der Waals surface area contributed by atoms with Gasteiger partial charge < -0.3 is 15.8 Å². The molecule has 5 heteroatoms. The van der Waals surface area contributed by atoms with Gasteiger partial charge in [-0.25, -0.2) is 4.39 Å². The van der Waals surface area contributed by atoms with Gasteiger partial charge in [0, 0.05) is 24.4 Å². The van der Waals surface area contributed by atoms with Crippen molar-refractivity contribution in [3.63, 3.8) is 0 Å². The monoisotopic (exact) mass is 244 g/mol. The fraction of sp³-hybridized carbons (Fsp3) is 0.455. The van der Waals surface area contributed by atoms with Crippen molar-refractivity contribution in [3.8, 4) is 5.75 Å². The molecular weight excluding hydrogens is 227 g/mol. The average molecular weight is 244 g/mol. The molecule has 0 spiro atoms. The first kappa shape index (κ1) is 13.0. The average Bonchev–Trinajstić information content (AvgIpc) is 2.25. The fourth-order valence-electron chi connectivity index (χ4n) is 1.28. The number of nitrogen functional groups attached to an aromatic ring is 1. The highest BCUT2D eigenvalue weighted by molar-refractivity contribution is 7.98. The Labute approximate surface area is 99.5 Å². The zero-order valence-corrected chi connectivity index (χ0v) is 10.4. The molecule has 1 rings (SSSR count). The number of nitrogens with two attached hydrogens (primary N) is 1. The van der Waals surface area contributed by atoms with Gasteiger partial charge in [-0.1, -0.05) is 0 Å². The van der Waals surface area contributed by atoms with E-state index in [1.807, 2.05) is 13.2 Å². The van der Waals surface area contributed by atoms with Crippen LogP contribution in [0.1, 0.15) is 6.92 Å². The van der Waals surface area contributed by atoms with Crippen molar-refractivity contribution in [1.82, 2.24) is 0 Å². The lowest BCUT2D eigenvalue weighted by Gasteiger charge is -2.12. The molecule has 0 aliphatic rings. The highest BCUT2D eigenvalue weighted by Gasteiger charge is 2.08. The van der Waals surface area contributed by atoms with E-state index in [0.29, 0.717) is 12.3 Å². The Morgan fingerprint density at radius 2 is 2.25 bits per heavy atom. The Kier molecular flexibility index (Phi) is 5.25. The maximum atomic E-state index is 13.4. The van der Waals surface area contributed by atoms with E-state index >= 15 is 0 Å². The molecule has 0 heterocycles. The molecule has 0 amide bonds. The molecule has 1 aromatic carbocycles. The van der Waals surface area contributed by atoms with Crippen molar-refractivity contribution in [2.24, 2.45) is 0 Å². The van der Waals surface area contributed by atoms with E-state index in [1.165, 1.54) is 6.07 Å². The van der Waals surface area contributed by atoms with E-state index in [9.17, 15) is 4.39 Å². The molecule has 0 unspecified atom stereocenters. The summed E-state index contributed by atoms with van der Waals surface area (Å²) in [4.78, 5) is 0. The van der Waals surface area contributed by atoms with Gasteiger partial charge in [0.1, 0.15) is 0 Å². The fourth-order valence-corrected chi connectivity index (χ4v) is 1.58. The maximum absolute atomic E-state index is 13.4. The molecule has 3 N–H and O–H groups in total. The molecule has 0 saturated heterocycles. The number of anilines is 2. The number of benzene rings is 1. The summed E-state index contributed by atoms with van der Waals surface area (Å²) in [5.74, 6) is 0.791. The lowest BCUT2D eigenvalue weighted by Crippen LogP contribution is -2.07. The summed E-state index contributed by atoms with van der Waals surface area (Å²) >= 11 is 1.74. The van der Waals surface area contributed by atoms with Crippen LogP contribution in [0.25, 0.3) is 0 Å². The first-order valence-corrected chi connectivity index (χ1v) is 6.53. The molecule has 0 atom stereocenters. The van der Waals surface area contributed by atoms with Crippen LogP contribution in [0.2, 0.25) is 0 Å². The van der Waals surface area contributed by atoms with E-state index in [-0.39, 0.29) is 5.75 Å². The van der Waals surface area contributed by atoms with Gasteiger partial charge in [-0.2, -0.15) is 11.8 Å². The van der Waals surface area contributed by atoms with Crippen molar-refractivity contribution in [2.45, 2.75) is 6.92 Å². The van der Waals surface area contributed by atoms with Crippen molar-refractivity contribution in [2.75, 3.05) is 36.2 Å². The summed E-state index contributed by atoms with van der Waals surface area (Å²) < 4.78 is 18.5. The van der Waals surface area contributed by atoms with Gasteiger partial charge >= 0.3 is 0 Å². The number of halogens is 1. The van der Waals surface area contributed by atoms with Gasteiger partial charge in [-0.15, -0.1) is 0 Å². The van der Waals surface area contributed by atoms with Gasteiger partial charge in [0.15, 0.2) is 11.6 Å². The standard InChI is InChI=1S/C11H17FN2OS/c1-3-15-11-7-10(14-4-5-16-2)9(13)6-8(11)12/h6-7,14H,3-5,13H2,1-2H3. The highest BCUT2D eigenvalue weighted by Crippen LogP contribution is 2.28. The Balaban J connectivity index is 2.78. The predicted molar refractivity (Wildman–Crippen MR) is 68.9 cm³/mol. The highest BCUT2D eigenvalue weighted by atomic mass is 32.2. The van der Waals surface area contributed by atoms with E-state index < -0.39 is 5.82 Å². The van der Waals surface area contributed by atoms with Gasteiger partial charge in [0.25, 0.3) is 0 Å².